The minimum Gasteiger partial charge on any atom is -0.396 e. The molecule has 1 fully saturated rings. The normalized spacial score (nSPS) is 14.6. The van der Waals surface area contributed by atoms with E-state index in [1.807, 2.05) is 10.8 Å². The Kier molecular flexibility index (Phi) is 5.28. The van der Waals surface area contributed by atoms with Gasteiger partial charge in [0.1, 0.15) is 5.69 Å². The third kappa shape index (κ3) is 4.25. The van der Waals surface area contributed by atoms with Gasteiger partial charge in [0.2, 0.25) is 0 Å². The van der Waals surface area contributed by atoms with E-state index in [4.69, 9.17) is 16.7 Å². The topological polar surface area (TPSA) is 54.3 Å². The number of aliphatic hydroxyl groups is 1. The quantitative estimate of drug-likeness (QED) is 0.721. The molecule has 0 spiro atoms. The van der Waals surface area contributed by atoms with Gasteiger partial charge in [-0.25, -0.2) is 0 Å². The van der Waals surface area contributed by atoms with Gasteiger partial charge in [-0.15, -0.1) is 0 Å². The van der Waals surface area contributed by atoms with Gasteiger partial charge in [0.25, 0.3) is 5.91 Å². The molecule has 1 aromatic rings. The summed E-state index contributed by atoms with van der Waals surface area (Å²) in [5.74, 6) is -0.0408. The van der Waals surface area contributed by atoms with Crippen LogP contribution in [0.4, 0.5) is 0 Å². The number of nitrogens with one attached hydrogen (secondary N) is 1. The van der Waals surface area contributed by atoms with Crippen molar-refractivity contribution in [2.45, 2.75) is 44.6 Å². The van der Waals surface area contributed by atoms with Gasteiger partial charge in [-0.05, 0) is 31.7 Å². The number of unbranched alkanes of at least 4 members (excludes halogenated alkanes) is 3. The van der Waals surface area contributed by atoms with Gasteiger partial charge in [-0.2, -0.15) is 0 Å². The molecule has 0 unspecified atom stereocenters. The zero-order chi connectivity index (χ0) is 13.7. The molecule has 1 saturated carbocycles. The summed E-state index contributed by atoms with van der Waals surface area (Å²) in [6.07, 6.45) is 7.94. The van der Waals surface area contributed by atoms with Gasteiger partial charge in [0.15, 0.2) is 0 Å². The molecule has 4 nitrogen and oxygen atoms in total. The Morgan fingerprint density at radius 3 is 2.79 bits per heavy atom. The minimum absolute atomic E-state index is 0.0408. The molecule has 106 valence electrons. The number of aliphatic hydroxyl groups excluding tert-OH is 1. The maximum Gasteiger partial charge on any atom is 0.267 e. The number of hydrogen-bond acceptors (Lipinski definition) is 2. The van der Waals surface area contributed by atoms with Gasteiger partial charge in [0, 0.05) is 25.4 Å². The van der Waals surface area contributed by atoms with Crippen LogP contribution in [0.5, 0.6) is 0 Å². The molecule has 19 heavy (non-hydrogen) atoms. The minimum atomic E-state index is -0.0408. The predicted octanol–water partition coefficient (Wildman–Crippen LogP) is 2.76. The van der Waals surface area contributed by atoms with Crippen LogP contribution in [-0.4, -0.2) is 28.7 Å². The van der Waals surface area contributed by atoms with Crippen LogP contribution in [0.1, 0.15) is 55.1 Å². The molecule has 1 amide bonds. The van der Waals surface area contributed by atoms with Crippen LogP contribution in [0.3, 0.4) is 0 Å². The summed E-state index contributed by atoms with van der Waals surface area (Å²) >= 11 is 5.98. The van der Waals surface area contributed by atoms with Crippen LogP contribution in [0.2, 0.25) is 5.02 Å². The van der Waals surface area contributed by atoms with Crippen molar-refractivity contribution < 1.29 is 9.90 Å². The Morgan fingerprint density at radius 2 is 2.11 bits per heavy atom. The zero-order valence-corrected chi connectivity index (χ0v) is 11.8. The van der Waals surface area contributed by atoms with Gasteiger partial charge >= 0.3 is 0 Å². The van der Waals surface area contributed by atoms with E-state index in [0.29, 0.717) is 23.3 Å². The standard InChI is InChI=1S/C14H21ClN2O2/c15-11-9-13(17(10-11)12-5-6-12)14(19)16-7-3-1-2-4-8-18/h9-10,12,18H,1-8H2,(H,16,19). The number of carbonyl (C=O) groups is 1. The van der Waals surface area contributed by atoms with E-state index in [-0.39, 0.29) is 12.5 Å². The third-order valence-electron chi connectivity index (χ3n) is 3.36. The van der Waals surface area contributed by atoms with E-state index in [1.54, 1.807) is 6.07 Å². The summed E-state index contributed by atoms with van der Waals surface area (Å²) in [5.41, 5.74) is 0.669. The van der Waals surface area contributed by atoms with Crippen LogP contribution in [0, 0.1) is 0 Å². The first-order valence-corrected chi connectivity index (χ1v) is 7.36. The van der Waals surface area contributed by atoms with Crippen molar-refractivity contribution in [2.75, 3.05) is 13.2 Å². The van der Waals surface area contributed by atoms with Crippen LogP contribution in [-0.2, 0) is 0 Å². The van der Waals surface area contributed by atoms with E-state index in [2.05, 4.69) is 5.32 Å². The fraction of sp³-hybridized carbons (Fsp3) is 0.643. The molecule has 0 bridgehead atoms. The number of halogens is 1. The summed E-state index contributed by atoms with van der Waals surface area (Å²) in [7, 11) is 0. The first-order valence-electron chi connectivity index (χ1n) is 6.99. The Labute approximate surface area is 118 Å². The molecule has 2 rings (SSSR count). The first kappa shape index (κ1) is 14.4. The SMILES string of the molecule is O=C(NCCCCCCO)c1cc(Cl)cn1C1CC1. The Bertz CT molecular complexity index is 427. The lowest BCUT2D eigenvalue weighted by atomic mass is 10.2. The predicted molar refractivity (Wildman–Crippen MR) is 75.6 cm³/mol. The van der Waals surface area contributed by atoms with Crippen LogP contribution < -0.4 is 5.32 Å². The lowest BCUT2D eigenvalue weighted by molar-refractivity contribution is 0.0943. The monoisotopic (exact) mass is 284 g/mol. The molecule has 0 atom stereocenters. The highest BCUT2D eigenvalue weighted by atomic mass is 35.5. The van der Waals surface area contributed by atoms with E-state index < -0.39 is 0 Å². The average molecular weight is 285 g/mol. The molecule has 1 heterocycles. The van der Waals surface area contributed by atoms with Crippen molar-refractivity contribution in [3.05, 3.63) is 23.0 Å². The summed E-state index contributed by atoms with van der Waals surface area (Å²) in [4.78, 5) is 12.1. The maximum absolute atomic E-state index is 12.1. The Morgan fingerprint density at radius 1 is 1.37 bits per heavy atom. The van der Waals surface area contributed by atoms with Crippen LogP contribution >= 0.6 is 11.6 Å². The van der Waals surface area contributed by atoms with Crippen molar-refractivity contribution in [3.8, 4) is 0 Å². The fourth-order valence-electron chi connectivity index (χ4n) is 2.17. The van der Waals surface area contributed by atoms with E-state index in [1.165, 1.54) is 0 Å². The molecule has 0 radical (unpaired) electrons. The zero-order valence-electron chi connectivity index (χ0n) is 11.1. The lowest BCUT2D eigenvalue weighted by Crippen LogP contribution is -2.26. The van der Waals surface area contributed by atoms with E-state index in [0.717, 1.165) is 38.5 Å². The van der Waals surface area contributed by atoms with Gasteiger partial charge in [0.05, 0.1) is 5.02 Å². The third-order valence-corrected chi connectivity index (χ3v) is 3.57. The second-order valence-electron chi connectivity index (χ2n) is 5.08. The number of carbonyl (C=O) groups excluding carboxylic acids is 1. The highest BCUT2D eigenvalue weighted by Gasteiger charge is 2.27. The molecule has 1 aliphatic rings. The first-order chi connectivity index (χ1) is 9.22. The van der Waals surface area contributed by atoms with Crippen molar-refractivity contribution in [1.29, 1.82) is 0 Å². The van der Waals surface area contributed by atoms with Crippen molar-refractivity contribution in [3.63, 3.8) is 0 Å². The second kappa shape index (κ2) is 6.96. The van der Waals surface area contributed by atoms with Gasteiger partial charge < -0.3 is 15.0 Å². The number of hydrogen-bond donors (Lipinski definition) is 2. The molecule has 0 aromatic carbocycles. The number of aromatic nitrogens is 1. The largest absolute Gasteiger partial charge is 0.396 e. The average Bonchev–Trinajstić information content (AvgIpc) is 3.16. The molecule has 1 aliphatic carbocycles. The van der Waals surface area contributed by atoms with Crippen LogP contribution in [0.15, 0.2) is 12.3 Å². The van der Waals surface area contributed by atoms with Crippen molar-refractivity contribution >= 4 is 17.5 Å². The summed E-state index contributed by atoms with van der Waals surface area (Å²) < 4.78 is 1.99. The molecule has 1 aromatic heterocycles. The Balaban J connectivity index is 1.76. The molecular weight excluding hydrogens is 264 g/mol. The second-order valence-corrected chi connectivity index (χ2v) is 5.51. The maximum atomic E-state index is 12.1. The lowest BCUT2D eigenvalue weighted by Gasteiger charge is -2.08. The molecule has 2 N–H and O–H groups in total. The number of nitrogens with zero attached hydrogens (tertiary/aromatic N) is 1. The highest BCUT2D eigenvalue weighted by molar-refractivity contribution is 6.31. The van der Waals surface area contributed by atoms with Gasteiger partial charge in [-0.3, -0.25) is 4.79 Å². The summed E-state index contributed by atoms with van der Waals surface area (Å²) in [6.45, 7) is 0.928. The smallest absolute Gasteiger partial charge is 0.267 e. The fourth-order valence-corrected chi connectivity index (χ4v) is 2.37. The number of rotatable bonds is 8. The summed E-state index contributed by atoms with van der Waals surface area (Å²) in [6, 6.07) is 2.19. The van der Waals surface area contributed by atoms with Crippen molar-refractivity contribution in [2.24, 2.45) is 0 Å². The molecule has 5 heteroatoms. The molecular formula is C14H21ClN2O2. The molecule has 0 saturated heterocycles. The van der Waals surface area contributed by atoms with Crippen molar-refractivity contribution in [1.82, 2.24) is 9.88 Å². The Hall–Kier alpha value is -1.00. The highest BCUT2D eigenvalue weighted by Crippen LogP contribution is 2.37. The van der Waals surface area contributed by atoms with E-state index >= 15 is 0 Å². The summed E-state index contributed by atoms with van der Waals surface area (Å²) in [5, 5.41) is 12.2. The number of amides is 1. The molecule has 0 aliphatic heterocycles. The van der Waals surface area contributed by atoms with Crippen LogP contribution in [0.25, 0.3) is 0 Å². The van der Waals surface area contributed by atoms with E-state index in [9.17, 15) is 4.79 Å². The van der Waals surface area contributed by atoms with Gasteiger partial charge in [-0.1, -0.05) is 24.4 Å².